The number of nitrogens with zero attached hydrogens (tertiary/aromatic N) is 2. The topological polar surface area (TPSA) is 35.6 Å². The molecule has 178 valence electrons. The van der Waals surface area contributed by atoms with E-state index in [0.717, 1.165) is 12.8 Å². The van der Waals surface area contributed by atoms with Crippen molar-refractivity contribution in [1.29, 1.82) is 0 Å². The fourth-order valence-corrected chi connectivity index (χ4v) is 4.83. The first-order valence-corrected chi connectivity index (χ1v) is 10.8. The van der Waals surface area contributed by atoms with Crippen LogP contribution in [0.25, 0.3) is 0 Å². The molecule has 1 heterocycles. The van der Waals surface area contributed by atoms with E-state index in [4.69, 9.17) is 0 Å². The third-order valence-corrected chi connectivity index (χ3v) is 6.81. The van der Waals surface area contributed by atoms with Gasteiger partial charge in [-0.2, -0.15) is 0 Å². The van der Waals surface area contributed by atoms with Crippen molar-refractivity contribution in [2.45, 2.75) is 31.2 Å². The largest absolute Gasteiger partial charge is 0.342 e. The molecule has 0 aromatic heterocycles. The Hall–Kier alpha value is -1.66. The molecule has 1 N–H and O–H groups in total. The van der Waals surface area contributed by atoms with Crippen LogP contribution >= 0.6 is 24.8 Å². The normalized spacial score (nSPS) is 17.1. The first-order chi connectivity index (χ1) is 14.4. The average Bonchev–Trinajstić information content (AvgIpc) is 2.77. The molecule has 0 saturated carbocycles. The minimum absolute atomic E-state index is 0. The van der Waals surface area contributed by atoms with Crippen molar-refractivity contribution in [3.05, 3.63) is 71.5 Å². The molecule has 0 bridgehead atoms. The highest BCUT2D eigenvalue weighted by Crippen LogP contribution is 2.38. The summed E-state index contributed by atoms with van der Waals surface area (Å²) in [6.45, 7) is 3.89. The molecular formula is C25H36Cl2FN3O. The summed E-state index contributed by atoms with van der Waals surface area (Å²) in [5.74, 6) is -0.620. The number of hydrogen-bond acceptors (Lipinski definition) is 3. The van der Waals surface area contributed by atoms with Gasteiger partial charge in [0.05, 0.1) is 5.92 Å². The third-order valence-electron chi connectivity index (χ3n) is 6.81. The van der Waals surface area contributed by atoms with Crippen molar-refractivity contribution in [3.8, 4) is 0 Å². The molecule has 1 aliphatic rings. The predicted molar refractivity (Wildman–Crippen MR) is 134 cm³/mol. The van der Waals surface area contributed by atoms with E-state index < -0.39 is 0 Å². The van der Waals surface area contributed by atoms with Gasteiger partial charge >= 0.3 is 0 Å². The molecule has 0 radical (unpaired) electrons. The zero-order valence-corrected chi connectivity index (χ0v) is 21.0. The van der Waals surface area contributed by atoms with Crippen LogP contribution < -0.4 is 5.32 Å². The molecule has 0 spiro atoms. The maximum absolute atomic E-state index is 14.4. The summed E-state index contributed by atoms with van der Waals surface area (Å²) in [5, 5.41) is 3.14. The summed E-state index contributed by atoms with van der Waals surface area (Å²) in [5.41, 5.74) is 1.84. The highest BCUT2D eigenvalue weighted by atomic mass is 35.5. The monoisotopic (exact) mass is 483 g/mol. The van der Waals surface area contributed by atoms with Gasteiger partial charge in [-0.25, -0.2) is 4.39 Å². The lowest BCUT2D eigenvalue weighted by atomic mass is 9.79. The van der Waals surface area contributed by atoms with E-state index in [1.807, 2.05) is 31.0 Å². The Kier molecular flexibility index (Phi) is 11.1. The number of carbonyl (C=O) groups is 1. The fraction of sp³-hybridized carbons (Fsp3) is 0.480. The van der Waals surface area contributed by atoms with Crippen LogP contribution in [0.2, 0.25) is 0 Å². The van der Waals surface area contributed by atoms with Crippen molar-refractivity contribution in [3.63, 3.8) is 0 Å². The van der Waals surface area contributed by atoms with Crippen LogP contribution in [0, 0.1) is 11.7 Å². The van der Waals surface area contributed by atoms with Crippen LogP contribution in [-0.2, 0) is 10.3 Å². The summed E-state index contributed by atoms with van der Waals surface area (Å²) in [7, 11) is 6.08. The van der Waals surface area contributed by atoms with Crippen molar-refractivity contribution in [2.24, 2.45) is 5.92 Å². The zero-order valence-electron chi connectivity index (χ0n) is 19.4. The van der Waals surface area contributed by atoms with Gasteiger partial charge < -0.3 is 10.2 Å². The highest BCUT2D eigenvalue weighted by Gasteiger charge is 2.41. The summed E-state index contributed by atoms with van der Waals surface area (Å²) in [6, 6.07) is 17.4. The Bertz CT molecular complexity index is 842. The number of piperidine rings is 1. The third kappa shape index (κ3) is 5.82. The number of likely N-dealkylation sites (tertiary alicyclic amines) is 1. The second-order valence-corrected chi connectivity index (χ2v) is 8.59. The van der Waals surface area contributed by atoms with Crippen LogP contribution in [0.5, 0.6) is 0 Å². The number of benzene rings is 2. The lowest BCUT2D eigenvalue weighted by Gasteiger charge is -2.47. The minimum atomic E-state index is -0.296. The van der Waals surface area contributed by atoms with Crippen molar-refractivity contribution in [1.82, 2.24) is 15.1 Å². The van der Waals surface area contributed by atoms with Crippen molar-refractivity contribution in [2.75, 3.05) is 40.8 Å². The van der Waals surface area contributed by atoms with Crippen LogP contribution in [0.15, 0.2) is 54.6 Å². The van der Waals surface area contributed by atoms with E-state index >= 15 is 0 Å². The standard InChI is InChI=1S/C25H34FN3O.2ClH/c1-19(21-12-8-9-13-23(21)26)22(18-27-2)24(30)29-16-14-25(15-17-29,28(3)4)20-10-6-5-7-11-20;;/h5-13,19,22,27H,14-18H2,1-4H3;2*1H/t19-,22+;;/m0../s1. The van der Waals surface area contributed by atoms with E-state index in [0.29, 0.717) is 25.2 Å². The van der Waals surface area contributed by atoms with Gasteiger partial charge in [-0.15, -0.1) is 24.8 Å². The van der Waals surface area contributed by atoms with Gasteiger partial charge in [0.1, 0.15) is 5.82 Å². The molecule has 7 heteroatoms. The number of hydrogen-bond donors (Lipinski definition) is 1. The second kappa shape index (κ2) is 12.5. The summed E-state index contributed by atoms with van der Waals surface area (Å²) in [6.07, 6.45) is 1.77. The summed E-state index contributed by atoms with van der Waals surface area (Å²) >= 11 is 0. The van der Waals surface area contributed by atoms with Crippen molar-refractivity contribution < 1.29 is 9.18 Å². The summed E-state index contributed by atoms with van der Waals surface area (Å²) in [4.78, 5) is 17.7. The van der Waals surface area contributed by atoms with Crippen LogP contribution in [0.4, 0.5) is 4.39 Å². The first kappa shape index (κ1) is 28.4. The molecule has 2 aromatic carbocycles. The fourth-order valence-electron chi connectivity index (χ4n) is 4.83. The molecule has 3 rings (SSSR count). The maximum atomic E-state index is 14.4. The Morgan fingerprint density at radius 3 is 2.16 bits per heavy atom. The number of nitrogens with one attached hydrogen (secondary N) is 1. The molecule has 1 amide bonds. The Balaban J connectivity index is 0.00000256. The van der Waals surface area contributed by atoms with E-state index in [1.165, 1.54) is 11.6 Å². The SMILES string of the molecule is CNC[C@@H](C(=O)N1CCC(c2ccccc2)(N(C)C)CC1)[C@@H](C)c1ccccc1F.Cl.Cl. The van der Waals surface area contributed by atoms with E-state index in [-0.39, 0.29) is 53.9 Å². The minimum Gasteiger partial charge on any atom is -0.342 e. The molecule has 1 fully saturated rings. The van der Waals surface area contributed by atoms with E-state index in [9.17, 15) is 9.18 Å². The van der Waals surface area contributed by atoms with Crippen LogP contribution in [0.3, 0.4) is 0 Å². The Labute approximate surface area is 204 Å². The lowest BCUT2D eigenvalue weighted by Crippen LogP contribution is -2.53. The second-order valence-electron chi connectivity index (χ2n) is 8.59. The van der Waals surface area contributed by atoms with Gasteiger partial charge in [-0.1, -0.05) is 55.5 Å². The van der Waals surface area contributed by atoms with Gasteiger partial charge in [0, 0.05) is 25.2 Å². The molecule has 2 aromatic rings. The Morgan fingerprint density at radius 1 is 1.06 bits per heavy atom. The molecule has 1 saturated heterocycles. The molecular weight excluding hydrogens is 448 g/mol. The molecule has 0 aliphatic carbocycles. The quantitative estimate of drug-likeness (QED) is 0.620. The molecule has 0 unspecified atom stereocenters. The molecule has 4 nitrogen and oxygen atoms in total. The number of amides is 1. The first-order valence-electron chi connectivity index (χ1n) is 10.8. The van der Waals surface area contributed by atoms with Crippen molar-refractivity contribution >= 4 is 30.7 Å². The smallest absolute Gasteiger partial charge is 0.227 e. The number of rotatable bonds is 7. The van der Waals surface area contributed by atoms with Gasteiger partial charge in [0.15, 0.2) is 0 Å². The predicted octanol–water partition coefficient (Wildman–Crippen LogP) is 4.69. The maximum Gasteiger partial charge on any atom is 0.227 e. The van der Waals surface area contributed by atoms with E-state index in [1.54, 1.807) is 12.1 Å². The number of carbonyl (C=O) groups excluding carboxylic acids is 1. The van der Waals surface area contributed by atoms with Crippen LogP contribution in [0.1, 0.15) is 36.8 Å². The van der Waals surface area contributed by atoms with Crippen LogP contribution in [-0.4, -0.2) is 56.5 Å². The molecule has 32 heavy (non-hydrogen) atoms. The summed E-state index contributed by atoms with van der Waals surface area (Å²) < 4.78 is 14.4. The average molecular weight is 484 g/mol. The highest BCUT2D eigenvalue weighted by molar-refractivity contribution is 5.85. The zero-order chi connectivity index (χ0) is 21.7. The van der Waals surface area contributed by atoms with E-state index in [2.05, 4.69) is 48.6 Å². The molecule has 1 aliphatic heterocycles. The van der Waals surface area contributed by atoms with Gasteiger partial charge in [-0.05, 0) is 57.1 Å². The Morgan fingerprint density at radius 2 is 1.62 bits per heavy atom. The lowest BCUT2D eigenvalue weighted by molar-refractivity contribution is -0.138. The molecule has 2 atom stereocenters. The van der Waals surface area contributed by atoms with Gasteiger partial charge in [0.25, 0.3) is 0 Å². The number of halogens is 3. The van der Waals surface area contributed by atoms with Gasteiger partial charge in [0.2, 0.25) is 5.91 Å². The van der Waals surface area contributed by atoms with Gasteiger partial charge in [-0.3, -0.25) is 9.69 Å².